The standard InChI is InChI=1S/C12H11F2NO4/c13-11(14)19-8-3-1-7(2-4-8)15-9(16)12(5-6-12)10(17)18/h1-4,11H,5-6H2,(H,15,16)(H,17,18). The van der Waals surface area contributed by atoms with Crippen molar-refractivity contribution in [2.45, 2.75) is 19.5 Å². The van der Waals surface area contributed by atoms with Crippen LogP contribution < -0.4 is 10.1 Å². The van der Waals surface area contributed by atoms with Gasteiger partial charge in [-0.05, 0) is 37.1 Å². The van der Waals surface area contributed by atoms with E-state index in [1.54, 1.807) is 0 Å². The van der Waals surface area contributed by atoms with Crippen molar-refractivity contribution in [3.8, 4) is 5.75 Å². The molecule has 1 aromatic carbocycles. The number of anilines is 1. The summed E-state index contributed by atoms with van der Waals surface area (Å²) in [6, 6.07) is 5.27. The highest BCUT2D eigenvalue weighted by Gasteiger charge is 2.57. The number of hydrogen-bond donors (Lipinski definition) is 2. The number of benzene rings is 1. The second kappa shape index (κ2) is 4.83. The van der Waals surface area contributed by atoms with Crippen LogP contribution in [0.2, 0.25) is 0 Å². The van der Waals surface area contributed by atoms with Crippen LogP contribution >= 0.6 is 0 Å². The fourth-order valence-corrected chi connectivity index (χ4v) is 1.63. The van der Waals surface area contributed by atoms with Gasteiger partial charge in [0.2, 0.25) is 5.91 Å². The zero-order valence-electron chi connectivity index (χ0n) is 9.73. The van der Waals surface area contributed by atoms with Gasteiger partial charge < -0.3 is 15.2 Å². The van der Waals surface area contributed by atoms with Gasteiger partial charge in [-0.25, -0.2) is 0 Å². The maximum Gasteiger partial charge on any atom is 0.387 e. The Bertz CT molecular complexity index is 497. The number of hydrogen-bond acceptors (Lipinski definition) is 3. The number of carbonyl (C=O) groups excluding carboxylic acids is 1. The van der Waals surface area contributed by atoms with Gasteiger partial charge in [0, 0.05) is 5.69 Å². The first-order chi connectivity index (χ1) is 8.94. The van der Waals surface area contributed by atoms with E-state index in [0.29, 0.717) is 18.5 Å². The Morgan fingerprint density at radius 1 is 1.26 bits per heavy atom. The van der Waals surface area contributed by atoms with E-state index in [0.717, 1.165) is 0 Å². The van der Waals surface area contributed by atoms with E-state index in [-0.39, 0.29) is 5.75 Å². The van der Waals surface area contributed by atoms with Crippen LogP contribution in [0.5, 0.6) is 5.75 Å². The molecule has 0 atom stereocenters. The molecule has 1 aliphatic carbocycles. The molecule has 102 valence electrons. The van der Waals surface area contributed by atoms with Crippen LogP contribution in [0.1, 0.15) is 12.8 Å². The lowest BCUT2D eigenvalue weighted by Crippen LogP contribution is -2.31. The zero-order chi connectivity index (χ0) is 14.0. The zero-order valence-corrected chi connectivity index (χ0v) is 9.73. The average Bonchev–Trinajstić information content (AvgIpc) is 3.12. The first kappa shape index (κ1) is 13.3. The van der Waals surface area contributed by atoms with Gasteiger partial charge in [0.15, 0.2) is 0 Å². The van der Waals surface area contributed by atoms with Crippen LogP contribution in [0.25, 0.3) is 0 Å². The average molecular weight is 271 g/mol. The molecule has 0 radical (unpaired) electrons. The van der Waals surface area contributed by atoms with Crippen LogP contribution in [0, 0.1) is 5.41 Å². The second-order valence-corrected chi connectivity index (χ2v) is 4.24. The third-order valence-electron chi connectivity index (χ3n) is 2.93. The van der Waals surface area contributed by atoms with Gasteiger partial charge in [-0.1, -0.05) is 0 Å². The molecule has 1 amide bonds. The highest BCUT2D eigenvalue weighted by atomic mass is 19.3. The molecule has 1 fully saturated rings. The SMILES string of the molecule is O=C(O)C1(C(=O)Nc2ccc(OC(F)F)cc2)CC1. The number of carbonyl (C=O) groups is 2. The van der Waals surface area contributed by atoms with E-state index in [4.69, 9.17) is 5.11 Å². The van der Waals surface area contributed by atoms with Crippen molar-refractivity contribution in [1.29, 1.82) is 0 Å². The van der Waals surface area contributed by atoms with E-state index in [1.807, 2.05) is 0 Å². The summed E-state index contributed by atoms with van der Waals surface area (Å²) in [5, 5.41) is 11.4. The molecule has 19 heavy (non-hydrogen) atoms. The number of carboxylic acid groups (broad SMARTS) is 1. The number of nitrogens with one attached hydrogen (secondary N) is 1. The number of carboxylic acids is 1. The summed E-state index contributed by atoms with van der Waals surface area (Å²) >= 11 is 0. The van der Waals surface area contributed by atoms with Crippen LogP contribution in [0.15, 0.2) is 24.3 Å². The molecule has 2 N–H and O–H groups in total. The van der Waals surface area contributed by atoms with Crippen molar-refractivity contribution >= 4 is 17.6 Å². The molecule has 0 heterocycles. The lowest BCUT2D eigenvalue weighted by atomic mass is 10.1. The quantitative estimate of drug-likeness (QED) is 0.804. The molecule has 1 aromatic rings. The van der Waals surface area contributed by atoms with Crippen LogP contribution in [0.4, 0.5) is 14.5 Å². The molecule has 5 nitrogen and oxygen atoms in total. The van der Waals surface area contributed by atoms with E-state index >= 15 is 0 Å². The predicted octanol–water partition coefficient (Wildman–Crippen LogP) is 2.09. The van der Waals surface area contributed by atoms with Crippen molar-refractivity contribution in [3.05, 3.63) is 24.3 Å². The number of amides is 1. The topological polar surface area (TPSA) is 75.6 Å². The van der Waals surface area contributed by atoms with Crippen LogP contribution in [-0.4, -0.2) is 23.6 Å². The minimum atomic E-state index is -2.91. The third-order valence-corrected chi connectivity index (χ3v) is 2.93. The molecule has 7 heteroatoms. The van der Waals surface area contributed by atoms with Crippen molar-refractivity contribution in [2.24, 2.45) is 5.41 Å². The highest BCUT2D eigenvalue weighted by Crippen LogP contribution is 2.46. The van der Waals surface area contributed by atoms with Crippen LogP contribution in [-0.2, 0) is 9.59 Å². The number of aliphatic carboxylic acids is 1. The third kappa shape index (κ3) is 2.81. The molecule has 2 rings (SSSR count). The lowest BCUT2D eigenvalue weighted by molar-refractivity contribution is -0.147. The Labute approximate surface area is 107 Å². The summed E-state index contributed by atoms with van der Waals surface area (Å²) < 4.78 is 28.0. The first-order valence-corrected chi connectivity index (χ1v) is 5.54. The maximum atomic E-state index is 11.9. The van der Waals surface area contributed by atoms with Crippen molar-refractivity contribution in [1.82, 2.24) is 0 Å². The first-order valence-electron chi connectivity index (χ1n) is 5.54. The van der Waals surface area contributed by atoms with Gasteiger partial charge in [-0.15, -0.1) is 0 Å². The smallest absolute Gasteiger partial charge is 0.387 e. The van der Waals surface area contributed by atoms with Gasteiger partial charge in [0.1, 0.15) is 11.2 Å². The maximum absolute atomic E-state index is 11.9. The van der Waals surface area contributed by atoms with E-state index < -0.39 is 23.9 Å². The largest absolute Gasteiger partial charge is 0.480 e. The van der Waals surface area contributed by atoms with E-state index in [9.17, 15) is 18.4 Å². The summed E-state index contributed by atoms with van der Waals surface area (Å²) in [6.45, 7) is -2.91. The summed E-state index contributed by atoms with van der Waals surface area (Å²) in [5.74, 6) is -1.78. The Morgan fingerprint density at radius 2 is 1.84 bits per heavy atom. The van der Waals surface area contributed by atoms with Crippen molar-refractivity contribution in [2.75, 3.05) is 5.32 Å². The molecule has 0 spiro atoms. The molecule has 0 unspecified atom stereocenters. The number of halogens is 2. The summed E-state index contributed by atoms with van der Waals surface area (Å²) in [6.07, 6.45) is 0.613. The Hall–Kier alpha value is -2.18. The fraction of sp³-hybridized carbons (Fsp3) is 0.333. The van der Waals surface area contributed by atoms with Crippen molar-refractivity contribution in [3.63, 3.8) is 0 Å². The summed E-state index contributed by atoms with van der Waals surface area (Å²) in [7, 11) is 0. The number of rotatable bonds is 5. The summed E-state index contributed by atoms with van der Waals surface area (Å²) in [4.78, 5) is 22.7. The Morgan fingerprint density at radius 3 is 2.26 bits per heavy atom. The predicted molar refractivity (Wildman–Crippen MR) is 61.0 cm³/mol. The minimum Gasteiger partial charge on any atom is -0.480 e. The molecule has 0 saturated heterocycles. The van der Waals surface area contributed by atoms with Crippen LogP contribution in [0.3, 0.4) is 0 Å². The Kier molecular flexibility index (Phi) is 3.37. The van der Waals surface area contributed by atoms with Gasteiger partial charge in [-0.3, -0.25) is 9.59 Å². The summed E-state index contributed by atoms with van der Waals surface area (Å²) in [5.41, 5.74) is -1.00. The van der Waals surface area contributed by atoms with E-state index in [1.165, 1.54) is 24.3 Å². The van der Waals surface area contributed by atoms with Gasteiger partial charge in [-0.2, -0.15) is 8.78 Å². The monoisotopic (exact) mass is 271 g/mol. The minimum absolute atomic E-state index is 0.0348. The molecule has 0 bridgehead atoms. The molecule has 0 aromatic heterocycles. The van der Waals surface area contributed by atoms with Gasteiger partial charge >= 0.3 is 12.6 Å². The molecule has 0 aliphatic heterocycles. The number of ether oxygens (including phenoxy) is 1. The fourth-order valence-electron chi connectivity index (χ4n) is 1.63. The van der Waals surface area contributed by atoms with Crippen molar-refractivity contribution < 1.29 is 28.2 Å². The normalized spacial score (nSPS) is 15.9. The molecular weight excluding hydrogens is 260 g/mol. The molecule has 1 aliphatic rings. The van der Waals surface area contributed by atoms with E-state index in [2.05, 4.69) is 10.1 Å². The van der Waals surface area contributed by atoms with Gasteiger partial charge in [0.25, 0.3) is 0 Å². The second-order valence-electron chi connectivity index (χ2n) is 4.24. The van der Waals surface area contributed by atoms with Gasteiger partial charge in [0.05, 0.1) is 0 Å². The molecular formula is C12H11F2NO4. The Balaban J connectivity index is 2.00. The number of alkyl halides is 2. The molecule has 1 saturated carbocycles. The lowest BCUT2D eigenvalue weighted by Gasteiger charge is -2.11. The highest BCUT2D eigenvalue weighted by molar-refractivity contribution is 6.10.